The molecule has 0 bridgehead atoms. The molecule has 0 atom stereocenters. The number of hydrogen-bond acceptors (Lipinski definition) is 5. The van der Waals surface area contributed by atoms with Crippen LogP contribution < -0.4 is 9.47 Å². The molecule has 0 aliphatic rings. The van der Waals surface area contributed by atoms with Crippen LogP contribution in [0.25, 0.3) is 11.3 Å². The Balaban J connectivity index is 2.62. The first kappa shape index (κ1) is 12.9. The van der Waals surface area contributed by atoms with E-state index in [9.17, 15) is 9.90 Å². The van der Waals surface area contributed by atoms with Gasteiger partial charge < -0.3 is 14.6 Å². The number of carbonyl (C=O) groups is 1. The van der Waals surface area contributed by atoms with Crippen LogP contribution in [0.5, 0.6) is 11.5 Å². The van der Waals surface area contributed by atoms with Gasteiger partial charge in [0.2, 0.25) is 0 Å². The zero-order valence-electron chi connectivity index (χ0n) is 10.7. The van der Waals surface area contributed by atoms with Crippen LogP contribution in [-0.4, -0.2) is 40.3 Å². The van der Waals surface area contributed by atoms with Gasteiger partial charge in [-0.2, -0.15) is 15.0 Å². The fourth-order valence-electron chi connectivity index (χ4n) is 1.75. The maximum Gasteiger partial charge on any atom is 0.343 e. The van der Waals surface area contributed by atoms with Gasteiger partial charge in [0.1, 0.15) is 22.8 Å². The van der Waals surface area contributed by atoms with Crippen LogP contribution in [0.2, 0.25) is 0 Å². The third-order valence-electron chi connectivity index (χ3n) is 2.62. The number of nitrogens with zero attached hydrogens (tertiary/aromatic N) is 3. The van der Waals surface area contributed by atoms with Gasteiger partial charge >= 0.3 is 5.97 Å². The highest BCUT2D eigenvalue weighted by Crippen LogP contribution is 2.34. The fourth-order valence-corrected chi connectivity index (χ4v) is 1.75. The van der Waals surface area contributed by atoms with Crippen LogP contribution >= 0.6 is 0 Å². The van der Waals surface area contributed by atoms with E-state index >= 15 is 0 Å². The van der Waals surface area contributed by atoms with E-state index < -0.39 is 5.97 Å². The Morgan fingerprint density at radius 1 is 1.26 bits per heavy atom. The monoisotopic (exact) mass is 263 g/mol. The van der Waals surface area contributed by atoms with Crippen molar-refractivity contribution in [2.24, 2.45) is 7.05 Å². The fraction of sp³-hybridized carbons (Fsp3) is 0.250. The van der Waals surface area contributed by atoms with Crippen molar-refractivity contribution >= 4 is 5.97 Å². The molecule has 0 spiro atoms. The molecule has 0 radical (unpaired) electrons. The second-order valence-electron chi connectivity index (χ2n) is 3.78. The first-order chi connectivity index (χ1) is 9.06. The molecule has 19 heavy (non-hydrogen) atoms. The minimum Gasteiger partial charge on any atom is -0.496 e. The Morgan fingerprint density at radius 2 is 1.84 bits per heavy atom. The van der Waals surface area contributed by atoms with E-state index in [-0.39, 0.29) is 17.1 Å². The molecule has 2 aromatic rings. The van der Waals surface area contributed by atoms with Crippen LogP contribution in [-0.2, 0) is 7.05 Å². The summed E-state index contributed by atoms with van der Waals surface area (Å²) in [6.07, 6.45) is 1.58. The molecule has 0 aliphatic carbocycles. The van der Waals surface area contributed by atoms with Crippen molar-refractivity contribution in [1.82, 2.24) is 15.0 Å². The molecule has 0 saturated heterocycles. The predicted octanol–water partition coefficient (Wildman–Crippen LogP) is 1.20. The number of aryl methyl sites for hydroxylation is 1. The largest absolute Gasteiger partial charge is 0.496 e. The van der Waals surface area contributed by atoms with Crippen molar-refractivity contribution in [3.63, 3.8) is 0 Å². The lowest BCUT2D eigenvalue weighted by Crippen LogP contribution is -2.04. The summed E-state index contributed by atoms with van der Waals surface area (Å²) >= 11 is 0. The molecule has 0 saturated carbocycles. The Morgan fingerprint density at radius 3 is 2.21 bits per heavy atom. The Kier molecular flexibility index (Phi) is 3.37. The van der Waals surface area contributed by atoms with Crippen LogP contribution in [0, 0.1) is 0 Å². The third kappa shape index (κ3) is 2.35. The average molecular weight is 263 g/mol. The second kappa shape index (κ2) is 4.97. The number of carboxylic acids is 1. The van der Waals surface area contributed by atoms with Crippen molar-refractivity contribution in [3.05, 3.63) is 23.9 Å². The lowest BCUT2D eigenvalue weighted by molar-refractivity contribution is 0.0689. The number of aromatic nitrogens is 3. The van der Waals surface area contributed by atoms with Gasteiger partial charge in [0.25, 0.3) is 0 Å². The summed E-state index contributed by atoms with van der Waals surface area (Å²) in [6.45, 7) is 0. The standard InChI is InChI=1S/C12H13N3O4/c1-15-13-6-8(14-15)7-4-9(18-2)11(12(16)17)10(5-7)19-3/h4-6H,1-3H3,(H,16,17). The normalized spacial score (nSPS) is 10.3. The molecule has 0 unspecified atom stereocenters. The summed E-state index contributed by atoms with van der Waals surface area (Å²) in [5, 5.41) is 17.3. The van der Waals surface area contributed by atoms with Gasteiger partial charge in [-0.1, -0.05) is 0 Å². The summed E-state index contributed by atoms with van der Waals surface area (Å²) in [5.41, 5.74) is 1.26. The van der Waals surface area contributed by atoms with Crippen molar-refractivity contribution in [1.29, 1.82) is 0 Å². The summed E-state index contributed by atoms with van der Waals surface area (Å²) in [6, 6.07) is 3.19. The van der Waals surface area contributed by atoms with E-state index in [0.29, 0.717) is 11.3 Å². The molecular weight excluding hydrogens is 250 g/mol. The maximum atomic E-state index is 11.2. The van der Waals surface area contributed by atoms with Gasteiger partial charge in [0.05, 0.1) is 20.4 Å². The smallest absolute Gasteiger partial charge is 0.343 e. The van der Waals surface area contributed by atoms with E-state index in [1.54, 1.807) is 25.4 Å². The van der Waals surface area contributed by atoms with Crippen LogP contribution in [0.3, 0.4) is 0 Å². The van der Waals surface area contributed by atoms with Gasteiger partial charge in [0.15, 0.2) is 0 Å². The number of ether oxygens (including phenoxy) is 2. The lowest BCUT2D eigenvalue weighted by atomic mass is 10.1. The average Bonchev–Trinajstić information content (AvgIpc) is 2.83. The van der Waals surface area contributed by atoms with E-state index in [2.05, 4.69) is 10.2 Å². The lowest BCUT2D eigenvalue weighted by Gasteiger charge is -2.11. The molecule has 0 amide bonds. The van der Waals surface area contributed by atoms with Crippen molar-refractivity contribution in [2.45, 2.75) is 0 Å². The zero-order chi connectivity index (χ0) is 14.0. The first-order valence-electron chi connectivity index (χ1n) is 5.42. The Labute approximate surface area is 109 Å². The third-order valence-corrected chi connectivity index (χ3v) is 2.62. The number of rotatable bonds is 4. The summed E-state index contributed by atoms with van der Waals surface area (Å²) in [5.74, 6) is -0.681. The van der Waals surface area contributed by atoms with E-state index in [0.717, 1.165) is 0 Å². The van der Waals surface area contributed by atoms with Crippen LogP contribution in [0.15, 0.2) is 18.3 Å². The van der Waals surface area contributed by atoms with Gasteiger partial charge in [-0.3, -0.25) is 0 Å². The van der Waals surface area contributed by atoms with Gasteiger partial charge in [-0.15, -0.1) is 0 Å². The van der Waals surface area contributed by atoms with Crippen molar-refractivity contribution < 1.29 is 19.4 Å². The van der Waals surface area contributed by atoms with Gasteiger partial charge in [-0.25, -0.2) is 4.79 Å². The van der Waals surface area contributed by atoms with Gasteiger partial charge in [-0.05, 0) is 12.1 Å². The highest BCUT2D eigenvalue weighted by Gasteiger charge is 2.20. The first-order valence-corrected chi connectivity index (χ1v) is 5.42. The molecule has 2 rings (SSSR count). The molecule has 7 nitrogen and oxygen atoms in total. The molecule has 0 fully saturated rings. The van der Waals surface area contributed by atoms with Crippen LogP contribution in [0.1, 0.15) is 10.4 Å². The van der Waals surface area contributed by atoms with E-state index in [1.165, 1.54) is 19.0 Å². The minimum atomic E-state index is -1.11. The molecule has 1 N–H and O–H groups in total. The maximum absolute atomic E-state index is 11.2. The molecule has 1 aromatic carbocycles. The molecule has 1 heterocycles. The van der Waals surface area contributed by atoms with Crippen molar-refractivity contribution in [3.8, 4) is 22.8 Å². The number of benzene rings is 1. The molecule has 7 heteroatoms. The molecular formula is C12H13N3O4. The number of aromatic carboxylic acids is 1. The Bertz CT molecular complexity index is 596. The molecule has 100 valence electrons. The van der Waals surface area contributed by atoms with Crippen molar-refractivity contribution in [2.75, 3.05) is 14.2 Å². The highest BCUT2D eigenvalue weighted by atomic mass is 16.5. The number of carboxylic acid groups (broad SMARTS) is 1. The second-order valence-corrected chi connectivity index (χ2v) is 3.78. The number of hydrogen-bond donors (Lipinski definition) is 1. The minimum absolute atomic E-state index is 0.0161. The molecule has 0 aliphatic heterocycles. The predicted molar refractivity (Wildman–Crippen MR) is 66.5 cm³/mol. The number of methoxy groups -OCH3 is 2. The van der Waals surface area contributed by atoms with E-state index in [1.807, 2.05) is 0 Å². The summed E-state index contributed by atoms with van der Waals surface area (Å²) in [7, 11) is 4.51. The SMILES string of the molecule is COc1cc(-c2cnn(C)n2)cc(OC)c1C(=O)O. The molecule has 1 aromatic heterocycles. The quantitative estimate of drug-likeness (QED) is 0.891. The Hall–Kier alpha value is -2.57. The summed E-state index contributed by atoms with van der Waals surface area (Å²) in [4.78, 5) is 12.6. The van der Waals surface area contributed by atoms with Crippen LogP contribution in [0.4, 0.5) is 0 Å². The summed E-state index contributed by atoms with van der Waals surface area (Å²) < 4.78 is 10.2. The topological polar surface area (TPSA) is 86.5 Å². The van der Waals surface area contributed by atoms with Gasteiger partial charge in [0, 0.05) is 12.6 Å². The highest BCUT2D eigenvalue weighted by molar-refractivity contribution is 5.95. The van der Waals surface area contributed by atoms with E-state index in [4.69, 9.17) is 9.47 Å². The zero-order valence-corrected chi connectivity index (χ0v) is 10.7.